The van der Waals surface area contributed by atoms with Gasteiger partial charge in [0.05, 0.1) is 4.43 Å². The van der Waals surface area contributed by atoms with E-state index < -0.39 is 5.97 Å². The molecule has 0 unspecified atom stereocenters. The Kier molecular flexibility index (Phi) is 2.54. The zero-order chi connectivity index (χ0) is 4.28. The van der Waals surface area contributed by atoms with Gasteiger partial charge in [0.2, 0.25) is 0 Å². The van der Waals surface area contributed by atoms with Crippen LogP contribution in [-0.4, -0.2) is 15.5 Å². The Labute approximate surface area is 43.3 Å². The van der Waals surface area contributed by atoms with Crippen LogP contribution in [0.1, 0.15) is 0 Å². The fourth-order valence-corrected chi connectivity index (χ4v) is 0. The van der Waals surface area contributed by atoms with Gasteiger partial charge in [0.1, 0.15) is 0 Å². The van der Waals surface area contributed by atoms with Crippen molar-refractivity contribution in [3.63, 3.8) is 0 Å². The highest BCUT2D eigenvalue weighted by Gasteiger charge is 1.82. The molecule has 0 atom stereocenters. The minimum atomic E-state index is -0.759. The number of rotatable bonds is 1. The summed E-state index contributed by atoms with van der Waals surface area (Å²) in [4.78, 5) is 9.36. The monoisotopic (exact) mass is 188 g/mol. The Morgan fingerprint density at radius 3 is 2.20 bits per heavy atom. The molecule has 0 aromatic rings. The van der Waals surface area contributed by atoms with Crippen molar-refractivity contribution in [1.29, 1.82) is 0 Å². The third-order valence-corrected chi connectivity index (χ3v) is 0.767. The van der Waals surface area contributed by atoms with Gasteiger partial charge in [0.15, 0.2) is 0 Å². The summed E-state index contributed by atoms with van der Waals surface area (Å²) in [6.45, 7) is 0. The van der Waals surface area contributed by atoms with E-state index in [0.29, 0.717) is 0 Å². The molecule has 0 aliphatic heterocycles. The fraction of sp³-hybridized carbons (Fsp3) is 0.500. The second-order valence-corrected chi connectivity index (χ2v) is 1.29. The summed E-state index contributed by atoms with van der Waals surface area (Å²) in [7, 11) is 0. The van der Waals surface area contributed by atoms with Crippen LogP contribution < -0.4 is 0 Å². The molecule has 0 saturated carbocycles. The SMILES string of the molecule is O=[13C](O)[13CH2]I. The molecule has 5 heavy (non-hydrogen) atoms. The van der Waals surface area contributed by atoms with Gasteiger partial charge in [-0.1, -0.05) is 22.6 Å². The van der Waals surface area contributed by atoms with Crippen molar-refractivity contribution in [3.8, 4) is 0 Å². The van der Waals surface area contributed by atoms with E-state index in [0.717, 1.165) is 0 Å². The first kappa shape index (κ1) is 5.20. The Morgan fingerprint density at radius 2 is 2.20 bits per heavy atom. The summed E-state index contributed by atoms with van der Waals surface area (Å²) in [6, 6.07) is 0. The van der Waals surface area contributed by atoms with Crippen LogP contribution in [0.15, 0.2) is 0 Å². The van der Waals surface area contributed by atoms with E-state index in [-0.39, 0.29) is 4.43 Å². The molecule has 0 fully saturated rings. The molecule has 0 aromatic heterocycles. The summed E-state index contributed by atoms with van der Waals surface area (Å²) in [6.07, 6.45) is 0. The highest BCUT2D eigenvalue weighted by molar-refractivity contribution is 14.1. The maximum atomic E-state index is 9.36. The molecule has 2 nitrogen and oxygen atoms in total. The maximum absolute atomic E-state index is 9.36. The van der Waals surface area contributed by atoms with Crippen molar-refractivity contribution in [2.45, 2.75) is 0 Å². The predicted octanol–water partition coefficient (Wildman–Crippen LogP) is 0.506. The van der Waals surface area contributed by atoms with Crippen molar-refractivity contribution >= 4 is 28.6 Å². The van der Waals surface area contributed by atoms with Gasteiger partial charge in [-0.3, -0.25) is 4.79 Å². The number of carboxylic acids is 1. The standard InChI is InChI=1S/C2H3IO2/c3-1-2(4)5/h1H2,(H,4,5)/i1+1,2+1. The molecular weight excluding hydrogens is 185 g/mol. The van der Waals surface area contributed by atoms with Crippen LogP contribution in [0.2, 0.25) is 0 Å². The summed E-state index contributed by atoms with van der Waals surface area (Å²) < 4.78 is 0.192. The number of carbonyl (C=O) groups is 1. The van der Waals surface area contributed by atoms with Crippen molar-refractivity contribution in [2.24, 2.45) is 0 Å². The van der Waals surface area contributed by atoms with E-state index in [2.05, 4.69) is 0 Å². The molecule has 0 saturated heterocycles. The van der Waals surface area contributed by atoms with E-state index in [4.69, 9.17) is 5.11 Å². The van der Waals surface area contributed by atoms with E-state index >= 15 is 0 Å². The van der Waals surface area contributed by atoms with Gasteiger partial charge in [-0.05, 0) is 0 Å². The van der Waals surface area contributed by atoms with Gasteiger partial charge in [0.25, 0.3) is 0 Å². The first-order chi connectivity index (χ1) is 2.27. The van der Waals surface area contributed by atoms with Gasteiger partial charge in [-0.2, -0.15) is 0 Å². The number of aliphatic carboxylic acids is 1. The molecule has 0 radical (unpaired) electrons. The third-order valence-electron chi connectivity index (χ3n) is 0.114. The van der Waals surface area contributed by atoms with Crippen molar-refractivity contribution in [2.75, 3.05) is 4.43 Å². The number of hydrogen-bond acceptors (Lipinski definition) is 1. The molecule has 0 bridgehead atoms. The molecule has 0 aromatic carbocycles. The van der Waals surface area contributed by atoms with Gasteiger partial charge in [-0.25, -0.2) is 0 Å². The number of hydrogen-bond donors (Lipinski definition) is 1. The maximum Gasteiger partial charge on any atom is 0.313 e. The molecular formula is C2H3IO2. The molecule has 30 valence electrons. The molecule has 0 aliphatic carbocycles. The van der Waals surface area contributed by atoms with Crippen LogP contribution in [0, 0.1) is 0 Å². The van der Waals surface area contributed by atoms with Crippen LogP contribution in [-0.2, 0) is 4.79 Å². The minimum absolute atomic E-state index is 0.192. The summed E-state index contributed by atoms with van der Waals surface area (Å²) in [5, 5.41) is 7.71. The van der Waals surface area contributed by atoms with E-state index in [1.807, 2.05) is 0 Å². The van der Waals surface area contributed by atoms with Crippen LogP contribution in [0.25, 0.3) is 0 Å². The van der Waals surface area contributed by atoms with E-state index in [9.17, 15) is 4.79 Å². The van der Waals surface area contributed by atoms with Crippen LogP contribution in [0.3, 0.4) is 0 Å². The van der Waals surface area contributed by atoms with E-state index in [1.165, 1.54) is 0 Å². The Morgan fingerprint density at radius 1 is 2.00 bits per heavy atom. The van der Waals surface area contributed by atoms with Gasteiger partial charge in [0, 0.05) is 0 Å². The zero-order valence-corrected chi connectivity index (χ0v) is 4.60. The first-order valence-corrected chi connectivity index (χ1v) is 2.57. The van der Waals surface area contributed by atoms with Gasteiger partial charge in [-0.15, -0.1) is 0 Å². The lowest BCUT2D eigenvalue weighted by Crippen LogP contribution is -1.91. The Bertz CT molecular complexity index is 42.9. The smallest absolute Gasteiger partial charge is 0.313 e. The second kappa shape index (κ2) is 2.44. The summed E-state index contributed by atoms with van der Waals surface area (Å²) in [5.74, 6) is -0.759. The van der Waals surface area contributed by atoms with Crippen LogP contribution >= 0.6 is 22.6 Å². The lowest BCUT2D eigenvalue weighted by Gasteiger charge is -1.70. The number of alkyl halides is 1. The lowest BCUT2D eigenvalue weighted by molar-refractivity contribution is -0.133. The lowest BCUT2D eigenvalue weighted by atomic mass is 11.8. The highest BCUT2D eigenvalue weighted by atomic mass is 127. The average molecular weight is 188 g/mol. The molecule has 0 aliphatic rings. The van der Waals surface area contributed by atoms with Crippen LogP contribution in [0.5, 0.6) is 0 Å². The molecule has 0 heterocycles. The largest absolute Gasteiger partial charge is 0.481 e. The first-order valence-electron chi connectivity index (χ1n) is 1.05. The summed E-state index contributed by atoms with van der Waals surface area (Å²) in [5.41, 5.74) is 0. The Balaban J connectivity index is 2.85. The molecule has 0 spiro atoms. The molecule has 3 heteroatoms. The van der Waals surface area contributed by atoms with Crippen molar-refractivity contribution in [1.82, 2.24) is 0 Å². The molecule has 0 rings (SSSR count). The zero-order valence-electron chi connectivity index (χ0n) is 2.44. The van der Waals surface area contributed by atoms with Crippen molar-refractivity contribution in [3.05, 3.63) is 0 Å². The minimum Gasteiger partial charge on any atom is -0.481 e. The topological polar surface area (TPSA) is 37.3 Å². The molecule has 0 amide bonds. The Hall–Kier alpha value is 0.200. The number of carboxylic acid groups (broad SMARTS) is 1. The quantitative estimate of drug-likeness (QED) is 0.369. The molecule has 1 N–H and O–H groups in total. The average Bonchev–Trinajstić information content (AvgIpc) is 1.38. The van der Waals surface area contributed by atoms with Crippen molar-refractivity contribution < 1.29 is 9.90 Å². The number of halogens is 1. The summed E-state index contributed by atoms with van der Waals surface area (Å²) >= 11 is 1.78. The fourth-order valence-electron chi connectivity index (χ4n) is 0. The predicted molar refractivity (Wildman–Crippen MR) is 26.5 cm³/mol. The second-order valence-electron chi connectivity index (χ2n) is 0.527. The third kappa shape index (κ3) is 4.20. The van der Waals surface area contributed by atoms with Crippen LogP contribution in [0.4, 0.5) is 0 Å². The highest BCUT2D eigenvalue weighted by Crippen LogP contribution is 1.75. The normalized spacial score (nSPS) is 7.40. The van der Waals surface area contributed by atoms with Gasteiger partial charge >= 0.3 is 5.97 Å². The van der Waals surface area contributed by atoms with Gasteiger partial charge < -0.3 is 5.11 Å². The van der Waals surface area contributed by atoms with E-state index in [1.54, 1.807) is 22.6 Å².